The molecule has 0 heterocycles. The van der Waals surface area contributed by atoms with E-state index in [9.17, 15) is 30.9 Å². The molecule has 12 heteroatoms. The molecule has 1 unspecified atom stereocenters. The topological polar surface area (TPSA) is 59.5 Å². The Hall–Kier alpha value is -1.40. The molecule has 2 rings (SSSR count). The first kappa shape index (κ1) is 25.9. The highest BCUT2D eigenvalue weighted by Gasteiger charge is 2.37. The van der Waals surface area contributed by atoms with Crippen LogP contribution >= 0.6 is 12.2 Å². The maximum Gasteiger partial charge on any atom is 0.416 e. The molecule has 1 saturated carbocycles. The SMILES string of the molecule is CC(C)(C)[SH+]([O-])=N[C@@H]1CCCC[C@H]1NC(=S)Nc1cc(C(F)(F)F)cc(C(F)(F)F)c1. The van der Waals surface area contributed by atoms with E-state index >= 15 is 0 Å². The first-order chi connectivity index (χ1) is 14.1. The predicted octanol–water partition coefficient (Wildman–Crippen LogP) is 5.78. The van der Waals surface area contributed by atoms with Gasteiger partial charge in [0.2, 0.25) is 0 Å². The lowest BCUT2D eigenvalue weighted by Crippen LogP contribution is -2.46. The minimum atomic E-state index is -4.95. The molecule has 176 valence electrons. The zero-order valence-electron chi connectivity index (χ0n) is 17.2. The van der Waals surface area contributed by atoms with Crippen molar-refractivity contribution < 1.29 is 30.9 Å². The summed E-state index contributed by atoms with van der Waals surface area (Å²) in [6.45, 7) is 5.41. The molecular formula is C19H25F6N3OS2. The van der Waals surface area contributed by atoms with Crippen LogP contribution in [0.4, 0.5) is 32.0 Å². The van der Waals surface area contributed by atoms with Crippen molar-refractivity contribution in [2.75, 3.05) is 5.32 Å². The van der Waals surface area contributed by atoms with Gasteiger partial charge in [0.25, 0.3) is 0 Å². The van der Waals surface area contributed by atoms with Crippen LogP contribution in [-0.4, -0.2) is 26.5 Å². The van der Waals surface area contributed by atoms with Crippen molar-refractivity contribution in [1.82, 2.24) is 5.32 Å². The minimum absolute atomic E-state index is 0.0563. The van der Waals surface area contributed by atoms with E-state index in [1.165, 1.54) is 0 Å². The molecule has 0 saturated heterocycles. The number of nitrogens with one attached hydrogen (secondary N) is 2. The number of rotatable bonds is 3. The second-order valence-electron chi connectivity index (χ2n) is 8.41. The minimum Gasteiger partial charge on any atom is -0.632 e. The molecule has 1 aliphatic carbocycles. The van der Waals surface area contributed by atoms with Crippen molar-refractivity contribution in [3.8, 4) is 0 Å². The summed E-state index contributed by atoms with van der Waals surface area (Å²) in [7, 11) is -1.86. The Morgan fingerprint density at radius 2 is 1.52 bits per heavy atom. The highest BCUT2D eigenvalue weighted by Crippen LogP contribution is 2.37. The lowest BCUT2D eigenvalue weighted by atomic mass is 9.91. The van der Waals surface area contributed by atoms with Crippen LogP contribution in [-0.2, 0) is 23.3 Å². The fourth-order valence-corrected chi connectivity index (χ4v) is 4.25. The van der Waals surface area contributed by atoms with Crippen molar-refractivity contribution in [2.45, 2.75) is 75.6 Å². The van der Waals surface area contributed by atoms with Crippen molar-refractivity contribution in [2.24, 2.45) is 4.36 Å². The average Bonchev–Trinajstić information content (AvgIpc) is 2.60. The molecule has 0 bridgehead atoms. The Morgan fingerprint density at radius 3 is 2.00 bits per heavy atom. The van der Waals surface area contributed by atoms with E-state index in [2.05, 4.69) is 15.0 Å². The Bertz CT molecular complexity index is 801. The molecule has 0 aromatic heterocycles. The number of hydrogen-bond acceptors (Lipinski definition) is 3. The van der Waals surface area contributed by atoms with Crippen LogP contribution in [0.3, 0.4) is 0 Å². The third-order valence-electron chi connectivity index (χ3n) is 4.72. The predicted molar refractivity (Wildman–Crippen MR) is 114 cm³/mol. The first-order valence-electron chi connectivity index (χ1n) is 9.62. The Balaban J connectivity index is 2.21. The summed E-state index contributed by atoms with van der Waals surface area (Å²) in [4.78, 5) is 0. The number of hydrogen-bond donors (Lipinski definition) is 2. The molecule has 4 nitrogen and oxygen atoms in total. The van der Waals surface area contributed by atoms with E-state index in [-0.39, 0.29) is 23.3 Å². The number of benzene rings is 1. The fraction of sp³-hybridized carbons (Fsp3) is 0.632. The van der Waals surface area contributed by atoms with Gasteiger partial charge in [0.1, 0.15) is 10.8 Å². The van der Waals surface area contributed by atoms with Gasteiger partial charge in [0.15, 0.2) is 5.11 Å². The molecule has 1 aromatic rings. The Morgan fingerprint density at radius 1 is 1.00 bits per heavy atom. The highest BCUT2D eigenvalue weighted by atomic mass is 32.2. The van der Waals surface area contributed by atoms with Gasteiger partial charge in [0, 0.05) is 5.69 Å². The number of anilines is 1. The second kappa shape index (κ2) is 9.62. The van der Waals surface area contributed by atoms with Crippen molar-refractivity contribution in [1.29, 1.82) is 0 Å². The van der Waals surface area contributed by atoms with Crippen molar-refractivity contribution in [3.63, 3.8) is 0 Å². The number of thiocarbonyl (C=S) groups is 1. The van der Waals surface area contributed by atoms with Crippen LogP contribution in [0.15, 0.2) is 22.6 Å². The molecule has 0 radical (unpaired) electrons. The van der Waals surface area contributed by atoms with Gasteiger partial charge < -0.3 is 15.2 Å². The summed E-state index contributed by atoms with van der Waals surface area (Å²) < 4.78 is 94.5. The number of halogens is 6. The Kier molecular flexibility index (Phi) is 8.02. The van der Waals surface area contributed by atoms with Gasteiger partial charge in [-0.25, -0.2) is 0 Å². The van der Waals surface area contributed by atoms with E-state index in [0.717, 1.165) is 12.8 Å². The van der Waals surface area contributed by atoms with E-state index in [1.807, 2.05) is 0 Å². The van der Waals surface area contributed by atoms with Gasteiger partial charge in [-0.3, -0.25) is 0 Å². The summed E-state index contributed by atoms with van der Waals surface area (Å²) >= 11 is 5.13. The summed E-state index contributed by atoms with van der Waals surface area (Å²) in [6, 6.07) is 0.567. The van der Waals surface area contributed by atoms with E-state index in [1.54, 1.807) is 20.8 Å². The molecule has 3 atom stereocenters. The fourth-order valence-electron chi connectivity index (χ4n) is 3.09. The molecule has 0 aliphatic heterocycles. The van der Waals surface area contributed by atoms with Crippen molar-refractivity contribution >= 4 is 34.0 Å². The Labute approximate surface area is 185 Å². The normalized spacial score (nSPS) is 21.6. The van der Waals surface area contributed by atoms with Crippen LogP contribution in [0, 0.1) is 0 Å². The van der Waals surface area contributed by atoms with Gasteiger partial charge in [-0.2, -0.15) is 26.3 Å². The molecule has 1 fully saturated rings. The van der Waals surface area contributed by atoms with Gasteiger partial charge in [-0.1, -0.05) is 23.8 Å². The standard InChI is InChI=1S/C19H25F6N3OS2/c1-17(2,3)31(29)28-15-7-5-4-6-14(15)27-16(30)26-13-9-11(18(20,21)22)8-12(10-13)19(23,24)25/h8-10,14-15,31H,4-7H2,1-3H3,(H2-,26,27,28,29,30)/t14-,15-/m1/s1. The summed E-state index contributed by atoms with van der Waals surface area (Å²) in [5.74, 6) is 0. The van der Waals surface area contributed by atoms with Crippen LogP contribution in [0.1, 0.15) is 57.6 Å². The number of thiol groups is 1. The third-order valence-corrected chi connectivity index (χ3v) is 6.59. The molecule has 0 amide bonds. The highest BCUT2D eigenvalue weighted by molar-refractivity contribution is 7.83. The van der Waals surface area contributed by atoms with E-state index < -0.39 is 44.9 Å². The van der Waals surface area contributed by atoms with Crippen LogP contribution < -0.4 is 10.6 Å². The van der Waals surface area contributed by atoms with Gasteiger partial charge in [0.05, 0.1) is 17.2 Å². The van der Waals surface area contributed by atoms with Crippen LogP contribution in [0.2, 0.25) is 0 Å². The third kappa shape index (κ3) is 7.60. The number of nitrogens with zero attached hydrogens (tertiary/aromatic N) is 1. The molecule has 1 aromatic carbocycles. The molecule has 1 aliphatic rings. The summed E-state index contributed by atoms with van der Waals surface area (Å²) in [5.41, 5.74) is -3.29. The monoisotopic (exact) mass is 489 g/mol. The number of alkyl halides is 6. The lowest BCUT2D eigenvalue weighted by molar-refractivity contribution is -0.143. The summed E-state index contributed by atoms with van der Waals surface area (Å²) in [6.07, 6.45) is -6.86. The van der Waals surface area contributed by atoms with Crippen LogP contribution in [0.25, 0.3) is 0 Å². The largest absolute Gasteiger partial charge is 0.632 e. The molecule has 0 spiro atoms. The van der Waals surface area contributed by atoms with Gasteiger partial charge in [-0.15, -0.1) is 4.36 Å². The van der Waals surface area contributed by atoms with Gasteiger partial charge >= 0.3 is 12.4 Å². The molecular weight excluding hydrogens is 464 g/mol. The first-order valence-corrected chi connectivity index (χ1v) is 11.2. The molecule has 2 N–H and O–H groups in total. The lowest BCUT2D eigenvalue weighted by Gasteiger charge is -2.31. The zero-order chi connectivity index (χ0) is 23.6. The maximum atomic E-state index is 13.0. The molecule has 31 heavy (non-hydrogen) atoms. The van der Waals surface area contributed by atoms with Crippen molar-refractivity contribution in [3.05, 3.63) is 29.3 Å². The average molecular weight is 490 g/mol. The quantitative estimate of drug-likeness (QED) is 0.244. The van der Waals surface area contributed by atoms with Gasteiger partial charge in [-0.05, 0) is 64.0 Å². The maximum absolute atomic E-state index is 13.0. The smallest absolute Gasteiger partial charge is 0.416 e. The van der Waals surface area contributed by atoms with Crippen LogP contribution in [0.5, 0.6) is 0 Å². The second-order valence-corrected chi connectivity index (χ2v) is 10.9. The van der Waals surface area contributed by atoms with E-state index in [0.29, 0.717) is 25.0 Å². The summed E-state index contributed by atoms with van der Waals surface area (Å²) in [5, 5.41) is 5.23. The van der Waals surface area contributed by atoms with E-state index in [4.69, 9.17) is 12.2 Å². The zero-order valence-corrected chi connectivity index (χ0v) is 18.9.